The number of rotatable bonds is 9. The van der Waals surface area contributed by atoms with Crippen LogP contribution in [0.1, 0.15) is 36.7 Å². The summed E-state index contributed by atoms with van der Waals surface area (Å²) >= 11 is 0. The molecule has 2 aromatic carbocycles. The summed E-state index contributed by atoms with van der Waals surface area (Å²) in [7, 11) is 0. The molecule has 0 heterocycles. The van der Waals surface area contributed by atoms with Crippen molar-refractivity contribution in [2.24, 2.45) is 5.92 Å². The maximum absolute atomic E-state index is 12.9. The molecule has 2 rings (SSSR count). The summed E-state index contributed by atoms with van der Waals surface area (Å²) in [4.78, 5) is 25.0. The number of carbonyl (C=O) groups is 2. The Labute approximate surface area is 165 Å². The molecule has 28 heavy (non-hydrogen) atoms. The van der Waals surface area contributed by atoms with E-state index in [1.165, 1.54) is 12.1 Å². The standard InChI is InChI=1S/C22H27FN2O3/c1-4-28-19-11-7-17(8-12-19)21(26)25-20(15(2)3)22(27)24-14-13-16-5-9-18(23)10-6-16/h5-12,15,20H,4,13-14H2,1-3H3,(H,24,27)(H,25,26). The van der Waals surface area contributed by atoms with Crippen LogP contribution < -0.4 is 15.4 Å². The van der Waals surface area contributed by atoms with Crippen LogP contribution in [0.4, 0.5) is 4.39 Å². The Hall–Kier alpha value is -2.89. The summed E-state index contributed by atoms with van der Waals surface area (Å²) in [6.07, 6.45) is 0.587. The van der Waals surface area contributed by atoms with Crippen LogP contribution >= 0.6 is 0 Å². The van der Waals surface area contributed by atoms with Crippen LogP contribution in [0.3, 0.4) is 0 Å². The summed E-state index contributed by atoms with van der Waals surface area (Å²) < 4.78 is 18.3. The van der Waals surface area contributed by atoms with E-state index in [4.69, 9.17) is 4.74 Å². The highest BCUT2D eigenvalue weighted by atomic mass is 19.1. The Kier molecular flexibility index (Phi) is 7.99. The van der Waals surface area contributed by atoms with Gasteiger partial charge in [0.15, 0.2) is 0 Å². The molecule has 0 aromatic heterocycles. The van der Waals surface area contributed by atoms with E-state index in [0.29, 0.717) is 30.9 Å². The summed E-state index contributed by atoms with van der Waals surface area (Å²) in [5.41, 5.74) is 1.40. The maximum atomic E-state index is 12.9. The van der Waals surface area contributed by atoms with E-state index in [9.17, 15) is 14.0 Å². The molecule has 5 nitrogen and oxygen atoms in total. The number of carbonyl (C=O) groups excluding carboxylic acids is 2. The molecule has 0 aliphatic heterocycles. The maximum Gasteiger partial charge on any atom is 0.251 e. The lowest BCUT2D eigenvalue weighted by molar-refractivity contribution is -0.123. The lowest BCUT2D eigenvalue weighted by Gasteiger charge is -2.22. The fraction of sp³-hybridized carbons (Fsp3) is 0.364. The van der Waals surface area contributed by atoms with Crippen molar-refractivity contribution in [3.05, 3.63) is 65.5 Å². The summed E-state index contributed by atoms with van der Waals surface area (Å²) in [6.45, 7) is 6.61. The van der Waals surface area contributed by atoms with Crippen molar-refractivity contribution < 1.29 is 18.7 Å². The lowest BCUT2D eigenvalue weighted by atomic mass is 10.0. The highest BCUT2D eigenvalue weighted by Crippen LogP contribution is 2.13. The van der Waals surface area contributed by atoms with Gasteiger partial charge in [0.25, 0.3) is 5.91 Å². The van der Waals surface area contributed by atoms with Crippen molar-refractivity contribution >= 4 is 11.8 Å². The molecule has 0 bridgehead atoms. The fourth-order valence-electron chi connectivity index (χ4n) is 2.72. The third-order valence-corrected chi connectivity index (χ3v) is 4.29. The molecule has 1 atom stereocenters. The predicted octanol–water partition coefficient (Wildman–Crippen LogP) is 3.34. The first-order valence-electron chi connectivity index (χ1n) is 9.46. The van der Waals surface area contributed by atoms with Crippen LogP contribution in [0.2, 0.25) is 0 Å². The number of hydrogen-bond acceptors (Lipinski definition) is 3. The Morgan fingerprint density at radius 2 is 1.68 bits per heavy atom. The van der Waals surface area contributed by atoms with Gasteiger partial charge in [-0.25, -0.2) is 4.39 Å². The van der Waals surface area contributed by atoms with E-state index in [2.05, 4.69) is 10.6 Å². The third-order valence-electron chi connectivity index (χ3n) is 4.29. The fourth-order valence-corrected chi connectivity index (χ4v) is 2.72. The second-order valence-corrected chi connectivity index (χ2v) is 6.82. The SMILES string of the molecule is CCOc1ccc(C(=O)NC(C(=O)NCCc2ccc(F)cc2)C(C)C)cc1. The highest BCUT2D eigenvalue weighted by Gasteiger charge is 2.24. The van der Waals surface area contributed by atoms with Gasteiger partial charge in [-0.3, -0.25) is 9.59 Å². The van der Waals surface area contributed by atoms with Gasteiger partial charge >= 0.3 is 0 Å². The normalized spacial score (nSPS) is 11.8. The molecule has 2 N–H and O–H groups in total. The quantitative estimate of drug-likeness (QED) is 0.695. The minimum Gasteiger partial charge on any atom is -0.494 e. The minimum atomic E-state index is -0.646. The molecule has 0 radical (unpaired) electrons. The Bertz CT molecular complexity index is 773. The zero-order valence-electron chi connectivity index (χ0n) is 16.5. The molecule has 0 aliphatic carbocycles. The Morgan fingerprint density at radius 3 is 2.25 bits per heavy atom. The van der Waals surface area contributed by atoms with E-state index < -0.39 is 6.04 Å². The average Bonchev–Trinajstić information content (AvgIpc) is 2.68. The van der Waals surface area contributed by atoms with Crippen molar-refractivity contribution in [3.8, 4) is 5.75 Å². The van der Waals surface area contributed by atoms with Gasteiger partial charge in [0, 0.05) is 12.1 Å². The number of amides is 2. The molecule has 0 fully saturated rings. The zero-order valence-corrected chi connectivity index (χ0v) is 16.5. The summed E-state index contributed by atoms with van der Waals surface area (Å²) in [5, 5.41) is 5.64. The number of ether oxygens (including phenoxy) is 1. The monoisotopic (exact) mass is 386 g/mol. The number of nitrogens with one attached hydrogen (secondary N) is 2. The van der Waals surface area contributed by atoms with E-state index in [0.717, 1.165) is 5.56 Å². The second-order valence-electron chi connectivity index (χ2n) is 6.82. The largest absolute Gasteiger partial charge is 0.494 e. The second kappa shape index (κ2) is 10.4. The first-order chi connectivity index (χ1) is 13.4. The topological polar surface area (TPSA) is 67.4 Å². The van der Waals surface area contributed by atoms with Gasteiger partial charge in [0.1, 0.15) is 17.6 Å². The molecule has 0 aliphatic rings. The molecule has 2 amide bonds. The Morgan fingerprint density at radius 1 is 1.04 bits per heavy atom. The highest BCUT2D eigenvalue weighted by molar-refractivity contribution is 5.97. The van der Waals surface area contributed by atoms with E-state index in [1.54, 1.807) is 36.4 Å². The number of halogens is 1. The van der Waals surface area contributed by atoms with Crippen LogP contribution in [0.15, 0.2) is 48.5 Å². The molecule has 0 spiro atoms. The van der Waals surface area contributed by atoms with Crippen molar-refractivity contribution in [1.82, 2.24) is 10.6 Å². The van der Waals surface area contributed by atoms with Crippen LogP contribution in [0.5, 0.6) is 5.75 Å². The molecular weight excluding hydrogens is 359 g/mol. The van der Waals surface area contributed by atoms with Crippen LogP contribution in [-0.4, -0.2) is 31.0 Å². The third kappa shape index (κ3) is 6.37. The van der Waals surface area contributed by atoms with Gasteiger partial charge in [-0.15, -0.1) is 0 Å². The van der Waals surface area contributed by atoms with Crippen LogP contribution in [0.25, 0.3) is 0 Å². The first kappa shape index (κ1) is 21.4. The first-order valence-corrected chi connectivity index (χ1v) is 9.46. The van der Waals surface area contributed by atoms with Gasteiger partial charge in [-0.2, -0.15) is 0 Å². The van der Waals surface area contributed by atoms with Crippen molar-refractivity contribution in [2.45, 2.75) is 33.2 Å². The number of hydrogen-bond donors (Lipinski definition) is 2. The molecular formula is C22H27FN2O3. The van der Waals surface area contributed by atoms with Crippen LogP contribution in [-0.2, 0) is 11.2 Å². The summed E-state index contributed by atoms with van der Waals surface area (Å²) in [5.74, 6) is -0.216. The van der Waals surface area contributed by atoms with Crippen molar-refractivity contribution in [2.75, 3.05) is 13.2 Å². The predicted molar refractivity (Wildman–Crippen MR) is 107 cm³/mol. The van der Waals surface area contributed by atoms with E-state index in [1.807, 2.05) is 20.8 Å². The van der Waals surface area contributed by atoms with Crippen molar-refractivity contribution in [3.63, 3.8) is 0 Å². The van der Waals surface area contributed by atoms with Crippen LogP contribution in [0, 0.1) is 11.7 Å². The Balaban J connectivity index is 1.90. The summed E-state index contributed by atoms with van der Waals surface area (Å²) in [6, 6.07) is 12.3. The smallest absolute Gasteiger partial charge is 0.251 e. The molecule has 1 unspecified atom stereocenters. The van der Waals surface area contributed by atoms with Gasteiger partial charge in [-0.05, 0) is 61.2 Å². The zero-order chi connectivity index (χ0) is 20.5. The van der Waals surface area contributed by atoms with Gasteiger partial charge < -0.3 is 15.4 Å². The van der Waals surface area contributed by atoms with E-state index in [-0.39, 0.29) is 23.5 Å². The average molecular weight is 386 g/mol. The minimum absolute atomic E-state index is 0.0718. The molecule has 150 valence electrons. The van der Waals surface area contributed by atoms with Gasteiger partial charge in [0.2, 0.25) is 5.91 Å². The molecule has 2 aromatic rings. The van der Waals surface area contributed by atoms with Crippen molar-refractivity contribution in [1.29, 1.82) is 0 Å². The molecule has 0 saturated heterocycles. The van der Waals surface area contributed by atoms with Gasteiger partial charge in [-0.1, -0.05) is 26.0 Å². The lowest BCUT2D eigenvalue weighted by Crippen LogP contribution is -2.50. The molecule has 6 heteroatoms. The van der Waals surface area contributed by atoms with Gasteiger partial charge in [0.05, 0.1) is 6.61 Å². The van der Waals surface area contributed by atoms with E-state index >= 15 is 0 Å². The number of benzene rings is 2. The molecule has 0 saturated carbocycles.